The van der Waals surface area contributed by atoms with Crippen LogP contribution in [0.4, 0.5) is 16.3 Å². The number of hydrogen-bond donors (Lipinski definition) is 3. The molecular formula is C29H33N7O2. The van der Waals surface area contributed by atoms with E-state index >= 15 is 0 Å². The average molecular weight is 512 g/mol. The molecule has 0 unspecified atom stereocenters. The fourth-order valence-corrected chi connectivity index (χ4v) is 4.66. The number of para-hydroxylation sites is 1. The van der Waals surface area contributed by atoms with Gasteiger partial charge < -0.3 is 20.9 Å². The minimum absolute atomic E-state index is 0.0158. The predicted octanol–water partition coefficient (Wildman–Crippen LogP) is 4.27. The van der Waals surface area contributed by atoms with Gasteiger partial charge in [0.1, 0.15) is 17.7 Å². The average Bonchev–Trinajstić information content (AvgIpc) is 2.91. The molecule has 4 aromatic rings. The van der Waals surface area contributed by atoms with Crippen molar-refractivity contribution in [1.29, 1.82) is 0 Å². The summed E-state index contributed by atoms with van der Waals surface area (Å²) in [5.41, 5.74) is 1.55. The van der Waals surface area contributed by atoms with Crippen LogP contribution in [0.25, 0.3) is 21.7 Å². The molecule has 0 aliphatic carbocycles. The van der Waals surface area contributed by atoms with Gasteiger partial charge in [-0.3, -0.25) is 9.69 Å². The number of rotatable bonds is 2. The highest BCUT2D eigenvalue weighted by Gasteiger charge is 2.26. The zero-order valence-electron chi connectivity index (χ0n) is 21.9. The van der Waals surface area contributed by atoms with E-state index in [0.29, 0.717) is 31.3 Å². The molecule has 9 nitrogen and oxygen atoms in total. The molecule has 3 N–H and O–H groups in total. The zero-order chi connectivity index (χ0) is 26.6. The Kier molecular flexibility index (Phi) is 7.37. The number of benzene rings is 3. The van der Waals surface area contributed by atoms with Crippen LogP contribution in [-0.4, -0.2) is 64.6 Å². The molecule has 0 saturated heterocycles. The second-order valence-corrected chi connectivity index (χ2v) is 10.0. The Labute approximate surface area is 222 Å². The van der Waals surface area contributed by atoms with Gasteiger partial charge in [-0.25, -0.2) is 14.8 Å². The minimum Gasteiger partial charge on any atom is -0.358 e. The second-order valence-electron chi connectivity index (χ2n) is 10.0. The quantitative estimate of drug-likeness (QED) is 0.371. The maximum absolute atomic E-state index is 13.4. The van der Waals surface area contributed by atoms with E-state index in [-0.39, 0.29) is 24.5 Å². The number of carbonyl (C=O) groups excluding carboxylic acids is 2. The van der Waals surface area contributed by atoms with Crippen LogP contribution >= 0.6 is 0 Å². The largest absolute Gasteiger partial charge is 0.358 e. The van der Waals surface area contributed by atoms with Gasteiger partial charge in [-0.15, -0.1) is 0 Å². The molecule has 1 aromatic heterocycles. The number of nitrogens with one attached hydrogen (secondary N) is 3. The molecule has 196 valence electrons. The normalized spacial score (nSPS) is 17.3. The third-order valence-corrected chi connectivity index (χ3v) is 6.82. The van der Waals surface area contributed by atoms with Gasteiger partial charge in [-0.05, 0) is 36.6 Å². The first-order chi connectivity index (χ1) is 18.4. The number of hydrogen-bond acceptors (Lipinski definition) is 6. The zero-order valence-corrected chi connectivity index (χ0v) is 21.9. The summed E-state index contributed by atoms with van der Waals surface area (Å²) in [5.74, 6) is 1.08. The van der Waals surface area contributed by atoms with E-state index in [9.17, 15) is 9.59 Å². The van der Waals surface area contributed by atoms with E-state index in [4.69, 9.17) is 9.97 Å². The predicted molar refractivity (Wildman–Crippen MR) is 151 cm³/mol. The van der Waals surface area contributed by atoms with E-state index in [2.05, 4.69) is 20.9 Å². The number of likely N-dealkylation sites (N-methyl/N-ethyl adjacent to an activating group) is 1. The summed E-state index contributed by atoms with van der Waals surface area (Å²) in [6, 6.07) is 20.7. The molecule has 3 aromatic carbocycles. The fraction of sp³-hybridized carbons (Fsp3) is 0.310. The Bertz CT molecular complexity index is 1470. The summed E-state index contributed by atoms with van der Waals surface area (Å²) < 4.78 is 0. The third-order valence-electron chi connectivity index (χ3n) is 6.82. The lowest BCUT2D eigenvalue weighted by molar-refractivity contribution is -0.123. The van der Waals surface area contributed by atoms with Crippen LogP contribution in [0.5, 0.6) is 0 Å². The lowest BCUT2D eigenvalue weighted by atomic mass is 10.0. The van der Waals surface area contributed by atoms with Crippen LogP contribution < -0.4 is 16.0 Å². The maximum Gasteiger partial charge on any atom is 0.323 e. The van der Waals surface area contributed by atoms with Crippen LogP contribution in [0.15, 0.2) is 66.7 Å². The Balaban J connectivity index is 1.42. The smallest absolute Gasteiger partial charge is 0.323 e. The molecule has 2 bridgehead atoms. The van der Waals surface area contributed by atoms with Gasteiger partial charge in [0.15, 0.2) is 0 Å². The number of aromatic nitrogens is 2. The minimum atomic E-state index is -0.539. The van der Waals surface area contributed by atoms with Crippen molar-refractivity contribution in [3.05, 3.63) is 72.6 Å². The summed E-state index contributed by atoms with van der Waals surface area (Å²) in [4.78, 5) is 40.0. The topological polar surface area (TPSA) is 102 Å². The van der Waals surface area contributed by atoms with Crippen molar-refractivity contribution in [2.45, 2.75) is 26.4 Å². The molecule has 2 heterocycles. The summed E-state index contributed by atoms with van der Waals surface area (Å²) in [6.45, 7) is 5.54. The van der Waals surface area contributed by atoms with Crippen molar-refractivity contribution in [3.63, 3.8) is 0 Å². The third kappa shape index (κ3) is 5.52. The van der Waals surface area contributed by atoms with E-state index in [1.165, 1.54) is 0 Å². The monoisotopic (exact) mass is 511 g/mol. The highest BCUT2D eigenvalue weighted by Crippen LogP contribution is 2.24. The Morgan fingerprint density at radius 3 is 2.53 bits per heavy atom. The number of anilines is 2. The van der Waals surface area contributed by atoms with Gasteiger partial charge in [-0.1, -0.05) is 62.4 Å². The Hall–Kier alpha value is -4.24. The molecule has 0 saturated carbocycles. The summed E-state index contributed by atoms with van der Waals surface area (Å²) in [5, 5.41) is 12.3. The standard InChI is InChI=1S/C29H33N7O2/c1-19(2)26-28(37)30-18-36(29(38)32-23-14-8-10-20-9-4-5-11-21(20)23)16-15-35(3)17-25-31-24-13-7-6-12-22(24)27(33-25)34-26/h4-14,19,26H,15-18H2,1-3H3,(H,30,37)(H,32,38)(H,31,33,34)/t26-/m0/s1. The van der Waals surface area contributed by atoms with E-state index in [1.54, 1.807) is 4.90 Å². The molecule has 9 heteroatoms. The van der Waals surface area contributed by atoms with Gasteiger partial charge in [0, 0.05) is 23.9 Å². The molecule has 3 amide bonds. The number of fused-ring (bicyclic) bond motifs is 5. The lowest BCUT2D eigenvalue weighted by Crippen LogP contribution is -2.50. The molecule has 5 rings (SSSR count). The van der Waals surface area contributed by atoms with Crippen molar-refractivity contribution in [1.82, 2.24) is 25.1 Å². The number of amides is 3. The van der Waals surface area contributed by atoms with Gasteiger partial charge in [-0.2, -0.15) is 0 Å². The summed E-state index contributed by atoms with van der Waals surface area (Å²) in [6.07, 6.45) is 0. The lowest BCUT2D eigenvalue weighted by Gasteiger charge is -2.27. The first-order valence-corrected chi connectivity index (χ1v) is 12.9. The molecule has 0 fully saturated rings. The molecule has 1 aliphatic heterocycles. The molecule has 38 heavy (non-hydrogen) atoms. The number of nitrogens with zero attached hydrogens (tertiary/aromatic N) is 4. The van der Waals surface area contributed by atoms with Crippen LogP contribution in [0.2, 0.25) is 0 Å². The van der Waals surface area contributed by atoms with Crippen molar-refractivity contribution in [3.8, 4) is 0 Å². The number of carbonyl (C=O) groups is 2. The molecule has 0 spiro atoms. The van der Waals surface area contributed by atoms with Crippen LogP contribution in [0.3, 0.4) is 0 Å². The van der Waals surface area contributed by atoms with Crippen LogP contribution in [0, 0.1) is 5.92 Å². The van der Waals surface area contributed by atoms with E-state index in [0.717, 1.165) is 27.4 Å². The number of urea groups is 1. The molecule has 0 radical (unpaired) electrons. The molecule has 1 atom stereocenters. The van der Waals surface area contributed by atoms with Gasteiger partial charge in [0.05, 0.1) is 24.4 Å². The van der Waals surface area contributed by atoms with Crippen molar-refractivity contribution >= 4 is 45.1 Å². The van der Waals surface area contributed by atoms with E-state index < -0.39 is 6.04 Å². The van der Waals surface area contributed by atoms with Crippen LogP contribution in [-0.2, 0) is 11.3 Å². The van der Waals surface area contributed by atoms with Crippen molar-refractivity contribution < 1.29 is 9.59 Å². The Morgan fingerprint density at radius 2 is 1.71 bits per heavy atom. The second kappa shape index (κ2) is 11.0. The fourth-order valence-electron chi connectivity index (χ4n) is 4.66. The highest BCUT2D eigenvalue weighted by atomic mass is 16.2. The molecular weight excluding hydrogens is 478 g/mol. The van der Waals surface area contributed by atoms with Crippen molar-refractivity contribution in [2.24, 2.45) is 5.92 Å². The van der Waals surface area contributed by atoms with Gasteiger partial charge in [0.25, 0.3) is 0 Å². The molecule has 1 aliphatic rings. The SMILES string of the molecule is CC(C)[C@@H]1Nc2nc(nc3ccccc23)CN(C)CCN(C(=O)Nc2cccc3ccccc23)CNC1=O. The van der Waals surface area contributed by atoms with Crippen molar-refractivity contribution in [2.75, 3.05) is 37.4 Å². The van der Waals surface area contributed by atoms with E-state index in [1.807, 2.05) is 87.6 Å². The first kappa shape index (κ1) is 25.4. The van der Waals surface area contributed by atoms with Gasteiger partial charge in [0.2, 0.25) is 5.91 Å². The summed E-state index contributed by atoms with van der Waals surface area (Å²) >= 11 is 0. The summed E-state index contributed by atoms with van der Waals surface area (Å²) in [7, 11) is 1.97. The Morgan fingerprint density at radius 1 is 0.974 bits per heavy atom. The maximum atomic E-state index is 13.4. The first-order valence-electron chi connectivity index (χ1n) is 12.9. The van der Waals surface area contributed by atoms with Crippen LogP contribution in [0.1, 0.15) is 19.7 Å². The van der Waals surface area contributed by atoms with Gasteiger partial charge >= 0.3 is 6.03 Å². The highest BCUT2D eigenvalue weighted by molar-refractivity contribution is 6.01.